The van der Waals surface area contributed by atoms with Gasteiger partial charge >= 0.3 is 0 Å². The van der Waals surface area contributed by atoms with Gasteiger partial charge in [-0.25, -0.2) is 9.97 Å². The Labute approximate surface area is 398 Å². The van der Waals surface area contributed by atoms with E-state index >= 15 is 0 Å². The van der Waals surface area contributed by atoms with Crippen LogP contribution in [0, 0.1) is 0 Å². The van der Waals surface area contributed by atoms with Crippen molar-refractivity contribution in [1.29, 1.82) is 0 Å². The van der Waals surface area contributed by atoms with Crippen LogP contribution in [0.5, 0.6) is 0 Å². The van der Waals surface area contributed by atoms with Gasteiger partial charge in [-0.05, 0) is 96.4 Å². The Morgan fingerprint density at radius 3 is 1.66 bits per heavy atom. The Kier molecular flexibility index (Phi) is 8.16. The lowest BCUT2D eigenvalue weighted by Gasteiger charge is -2.14. The summed E-state index contributed by atoms with van der Waals surface area (Å²) < 4.78 is 13.6. The molecule has 0 bridgehead atoms. The van der Waals surface area contributed by atoms with Crippen LogP contribution in [0.4, 0.5) is 0 Å². The van der Waals surface area contributed by atoms with E-state index in [0.717, 1.165) is 87.9 Å². The van der Waals surface area contributed by atoms with E-state index < -0.39 is 0 Å². The highest BCUT2D eigenvalue weighted by Gasteiger charge is 2.25. The van der Waals surface area contributed by atoms with Crippen LogP contribution in [0.15, 0.2) is 223 Å². The van der Waals surface area contributed by atoms with Crippen LogP contribution in [0.25, 0.3) is 139 Å². The van der Waals surface area contributed by atoms with Gasteiger partial charge in [-0.3, -0.25) is 9.55 Å². The van der Waals surface area contributed by atoms with E-state index in [1.807, 2.05) is 60.9 Å². The first-order chi connectivity index (χ1) is 34.7. The van der Waals surface area contributed by atoms with Gasteiger partial charge in [-0.1, -0.05) is 115 Å². The third-order valence-electron chi connectivity index (χ3n) is 13.8. The van der Waals surface area contributed by atoms with E-state index in [2.05, 4.69) is 176 Å². The molecule has 0 atom stereocenters. The van der Waals surface area contributed by atoms with Gasteiger partial charge in [0.1, 0.15) is 5.52 Å². The summed E-state index contributed by atoms with van der Waals surface area (Å²) in [6.07, 6.45) is 3.76. The summed E-state index contributed by atoms with van der Waals surface area (Å²) in [5, 5.41) is 9.06. The van der Waals surface area contributed by atoms with Crippen LogP contribution < -0.4 is 0 Å². The predicted octanol–water partition coefficient (Wildman–Crippen LogP) is 14.9. The molecule has 0 N–H and O–H groups in total. The molecule has 0 radical (unpaired) electrons. The molecule has 0 fully saturated rings. The highest BCUT2D eigenvalue weighted by Crippen LogP contribution is 2.43. The molecule has 6 heterocycles. The Balaban J connectivity index is 1.01. The maximum atomic E-state index is 6.64. The molecule has 0 aliphatic rings. The monoisotopic (exact) mass is 896 g/mol. The molecule has 0 amide bonds. The number of hydrogen-bond donors (Lipinski definition) is 0. The van der Waals surface area contributed by atoms with Crippen LogP contribution >= 0.6 is 0 Å². The van der Waals surface area contributed by atoms with E-state index in [-0.39, 0.29) is 0 Å². The topological polar surface area (TPSA) is 92.4 Å². The first-order valence-corrected chi connectivity index (χ1v) is 23.3. The van der Waals surface area contributed by atoms with Gasteiger partial charge in [0, 0.05) is 72.6 Å². The molecular weight excluding hydrogens is 861 g/mol. The van der Waals surface area contributed by atoms with Crippen molar-refractivity contribution < 1.29 is 4.42 Å². The minimum Gasteiger partial charge on any atom is -0.435 e. The summed E-state index contributed by atoms with van der Waals surface area (Å²) >= 11 is 0. The molecule has 70 heavy (non-hydrogen) atoms. The molecule has 326 valence electrons. The van der Waals surface area contributed by atoms with Crippen molar-refractivity contribution in [2.45, 2.75) is 0 Å². The standard InChI is InChI=1S/C61H36N8O/c1-2-13-38(14-3-1)60-63-50-20-12-19-49(57(50)70-60)59-64-58(37-25-28-41(29-26-37)67-51-21-8-4-15-43(51)44-16-5-9-22-52(44)67)65-61(66-59)69-54-24-11-7-18-46(54)48-32-31-47-45-17-6-10-23-53(45)68(55(47)56(48)69)42-30-27-40-36-62-34-33-39(40)35-42/h1-36H. The van der Waals surface area contributed by atoms with Crippen LogP contribution in [-0.4, -0.2) is 38.6 Å². The normalized spacial score (nSPS) is 12.0. The maximum absolute atomic E-state index is 6.64. The zero-order valence-electron chi connectivity index (χ0n) is 37.3. The number of hydrogen-bond acceptors (Lipinski definition) is 6. The van der Waals surface area contributed by atoms with Crippen LogP contribution in [0.2, 0.25) is 0 Å². The maximum Gasteiger partial charge on any atom is 0.238 e. The van der Waals surface area contributed by atoms with Gasteiger partial charge in [0.2, 0.25) is 11.8 Å². The van der Waals surface area contributed by atoms with Crippen LogP contribution in [0.3, 0.4) is 0 Å². The molecule has 15 rings (SSSR count). The SMILES string of the molecule is c1ccc(-c2nc3cccc(-c4nc(-c5ccc(-n6c7ccccc7c7ccccc76)cc5)nc(-n5c6ccccc6c6ccc7c8ccccc8n(-c8ccc9cnccc9c8)c7c65)n4)c3o2)cc1. The first kappa shape index (κ1) is 38.4. The molecule has 9 heteroatoms. The molecule has 0 spiro atoms. The van der Waals surface area contributed by atoms with E-state index in [4.69, 9.17) is 24.4 Å². The average Bonchev–Trinajstić information content (AvgIpc) is 4.20. The van der Waals surface area contributed by atoms with Crippen molar-refractivity contribution in [1.82, 2.24) is 38.6 Å². The minimum atomic E-state index is 0.467. The summed E-state index contributed by atoms with van der Waals surface area (Å²) in [5.41, 5.74) is 12.2. The molecule has 9 nitrogen and oxygen atoms in total. The summed E-state index contributed by atoms with van der Waals surface area (Å²) in [6.45, 7) is 0. The predicted molar refractivity (Wildman–Crippen MR) is 282 cm³/mol. The smallest absolute Gasteiger partial charge is 0.238 e. The molecule has 15 aromatic rings. The highest BCUT2D eigenvalue weighted by molar-refractivity contribution is 6.24. The second-order valence-electron chi connectivity index (χ2n) is 17.7. The molecule has 0 aliphatic carbocycles. The fourth-order valence-electron chi connectivity index (χ4n) is 10.7. The Morgan fingerprint density at radius 1 is 0.371 bits per heavy atom. The number of benzene rings is 9. The number of aromatic nitrogens is 8. The van der Waals surface area contributed by atoms with Crippen molar-refractivity contribution in [2.75, 3.05) is 0 Å². The lowest BCUT2D eigenvalue weighted by Crippen LogP contribution is -2.07. The van der Waals surface area contributed by atoms with Crippen molar-refractivity contribution >= 4 is 87.3 Å². The summed E-state index contributed by atoms with van der Waals surface area (Å²) in [5.74, 6) is 2.00. The third-order valence-corrected chi connectivity index (χ3v) is 13.8. The van der Waals surface area contributed by atoms with Crippen molar-refractivity contribution in [3.8, 4) is 51.6 Å². The molecule has 0 saturated carbocycles. The zero-order chi connectivity index (χ0) is 45.9. The number of fused-ring (bicyclic) bond motifs is 12. The van der Waals surface area contributed by atoms with Crippen molar-refractivity contribution in [3.63, 3.8) is 0 Å². The lowest BCUT2D eigenvalue weighted by atomic mass is 10.1. The van der Waals surface area contributed by atoms with E-state index in [1.54, 1.807) is 0 Å². The highest BCUT2D eigenvalue weighted by atomic mass is 16.3. The molecule has 9 aromatic carbocycles. The third kappa shape index (κ3) is 5.69. The number of pyridine rings is 1. The lowest BCUT2D eigenvalue weighted by molar-refractivity contribution is 0.620. The quantitative estimate of drug-likeness (QED) is 0.165. The van der Waals surface area contributed by atoms with Gasteiger partial charge in [-0.2, -0.15) is 9.97 Å². The largest absolute Gasteiger partial charge is 0.435 e. The van der Waals surface area contributed by atoms with E-state index in [0.29, 0.717) is 40.2 Å². The van der Waals surface area contributed by atoms with Gasteiger partial charge in [0.25, 0.3) is 0 Å². The summed E-state index contributed by atoms with van der Waals surface area (Å²) in [7, 11) is 0. The number of rotatable bonds is 6. The molecule has 0 saturated heterocycles. The second kappa shape index (κ2) is 14.9. The van der Waals surface area contributed by atoms with Crippen LogP contribution in [-0.2, 0) is 0 Å². The average molecular weight is 897 g/mol. The second-order valence-corrected chi connectivity index (χ2v) is 17.7. The van der Waals surface area contributed by atoms with Crippen molar-refractivity contribution in [3.05, 3.63) is 219 Å². The van der Waals surface area contributed by atoms with Gasteiger partial charge in [0.15, 0.2) is 17.2 Å². The Morgan fingerprint density at radius 2 is 0.957 bits per heavy atom. The number of oxazole rings is 1. The fraction of sp³-hybridized carbons (Fsp3) is 0. The molecule has 6 aromatic heterocycles. The van der Waals surface area contributed by atoms with E-state index in [1.165, 1.54) is 10.8 Å². The zero-order valence-corrected chi connectivity index (χ0v) is 37.3. The number of nitrogens with zero attached hydrogens (tertiary/aromatic N) is 8. The summed E-state index contributed by atoms with van der Waals surface area (Å²) in [4.78, 5) is 25.6. The Hall–Kier alpha value is -9.73. The Bertz CT molecular complexity index is 4550. The first-order valence-electron chi connectivity index (χ1n) is 23.3. The van der Waals surface area contributed by atoms with Crippen LogP contribution in [0.1, 0.15) is 0 Å². The minimum absolute atomic E-state index is 0.467. The number of para-hydroxylation sites is 5. The van der Waals surface area contributed by atoms with Gasteiger partial charge in [-0.15, -0.1) is 0 Å². The van der Waals surface area contributed by atoms with E-state index in [9.17, 15) is 0 Å². The molecule has 0 aliphatic heterocycles. The molecule has 0 unspecified atom stereocenters. The van der Waals surface area contributed by atoms with Crippen molar-refractivity contribution in [2.24, 2.45) is 0 Å². The van der Waals surface area contributed by atoms with Gasteiger partial charge in [0.05, 0.1) is 38.7 Å². The van der Waals surface area contributed by atoms with Gasteiger partial charge < -0.3 is 13.6 Å². The molecular formula is C61H36N8O. The summed E-state index contributed by atoms with van der Waals surface area (Å²) in [6, 6.07) is 71.9. The fourth-order valence-corrected chi connectivity index (χ4v) is 10.7.